The van der Waals surface area contributed by atoms with Crippen LogP contribution in [-0.2, 0) is 28.7 Å². The van der Waals surface area contributed by atoms with Crippen LogP contribution < -0.4 is 10.6 Å². The minimum absolute atomic E-state index is 0.00677. The SMILES string of the molecule is CCOC(=O)C[C@H](C(=O)OCC)[C@H](NC(=O)c1ccccc1NC(C)=O)C(=O)O. The molecule has 1 aromatic rings. The molecule has 0 aromatic heterocycles. The first-order valence-electron chi connectivity index (χ1n) is 8.93. The van der Waals surface area contributed by atoms with Gasteiger partial charge in [0.2, 0.25) is 5.91 Å². The monoisotopic (exact) mass is 408 g/mol. The molecule has 10 nitrogen and oxygen atoms in total. The molecule has 0 fully saturated rings. The van der Waals surface area contributed by atoms with Crippen LogP contribution in [-0.4, -0.2) is 54.1 Å². The van der Waals surface area contributed by atoms with Gasteiger partial charge in [0.1, 0.15) is 6.04 Å². The summed E-state index contributed by atoms with van der Waals surface area (Å²) < 4.78 is 9.64. The van der Waals surface area contributed by atoms with Crippen LogP contribution in [0.25, 0.3) is 0 Å². The third-order valence-corrected chi connectivity index (χ3v) is 3.72. The highest BCUT2D eigenvalue weighted by molar-refractivity contribution is 6.05. The van der Waals surface area contributed by atoms with Crippen LogP contribution in [0.2, 0.25) is 0 Å². The van der Waals surface area contributed by atoms with Crippen molar-refractivity contribution in [2.24, 2.45) is 5.92 Å². The van der Waals surface area contributed by atoms with Gasteiger partial charge < -0.3 is 25.2 Å². The van der Waals surface area contributed by atoms with Crippen LogP contribution in [0, 0.1) is 5.92 Å². The van der Waals surface area contributed by atoms with E-state index in [-0.39, 0.29) is 24.5 Å². The molecule has 0 aliphatic carbocycles. The molecule has 0 aliphatic heterocycles. The number of nitrogens with one attached hydrogen (secondary N) is 2. The maximum atomic E-state index is 12.7. The van der Waals surface area contributed by atoms with Gasteiger partial charge in [0.05, 0.1) is 36.8 Å². The van der Waals surface area contributed by atoms with Crippen molar-refractivity contribution in [1.82, 2.24) is 5.32 Å². The van der Waals surface area contributed by atoms with E-state index in [9.17, 15) is 29.1 Å². The van der Waals surface area contributed by atoms with Gasteiger partial charge in [-0.3, -0.25) is 19.2 Å². The number of rotatable bonds is 10. The smallest absolute Gasteiger partial charge is 0.327 e. The predicted molar refractivity (Wildman–Crippen MR) is 101 cm³/mol. The molecule has 1 rings (SSSR count). The molecule has 29 heavy (non-hydrogen) atoms. The number of aliphatic carboxylic acids is 1. The number of hydrogen-bond acceptors (Lipinski definition) is 7. The normalized spacial score (nSPS) is 12.2. The Morgan fingerprint density at radius 3 is 2.21 bits per heavy atom. The van der Waals surface area contributed by atoms with Gasteiger partial charge in [-0.15, -0.1) is 0 Å². The van der Waals surface area contributed by atoms with Gasteiger partial charge >= 0.3 is 17.9 Å². The summed E-state index contributed by atoms with van der Waals surface area (Å²) >= 11 is 0. The molecule has 0 heterocycles. The summed E-state index contributed by atoms with van der Waals surface area (Å²) in [7, 11) is 0. The molecule has 0 saturated heterocycles. The molecule has 2 atom stereocenters. The van der Waals surface area contributed by atoms with Crippen LogP contribution in [0.1, 0.15) is 37.6 Å². The molecule has 0 spiro atoms. The number of carbonyl (C=O) groups excluding carboxylic acids is 4. The quantitative estimate of drug-likeness (QED) is 0.485. The van der Waals surface area contributed by atoms with E-state index in [0.29, 0.717) is 0 Å². The Morgan fingerprint density at radius 2 is 1.66 bits per heavy atom. The average Bonchev–Trinajstić information content (AvgIpc) is 2.64. The number of amides is 2. The van der Waals surface area contributed by atoms with Crippen molar-refractivity contribution in [1.29, 1.82) is 0 Å². The van der Waals surface area contributed by atoms with E-state index < -0.39 is 48.1 Å². The van der Waals surface area contributed by atoms with Gasteiger partial charge in [-0.05, 0) is 26.0 Å². The van der Waals surface area contributed by atoms with Crippen molar-refractivity contribution in [3.8, 4) is 0 Å². The first-order chi connectivity index (χ1) is 13.7. The Bertz CT molecular complexity index is 777. The molecule has 1 aromatic carbocycles. The Kier molecular flexibility index (Phi) is 9.30. The summed E-state index contributed by atoms with van der Waals surface area (Å²) in [6, 6.07) is 4.20. The van der Waals surface area contributed by atoms with E-state index in [0.717, 1.165) is 0 Å². The Hall–Kier alpha value is -3.43. The summed E-state index contributed by atoms with van der Waals surface area (Å²) in [5, 5.41) is 14.3. The van der Waals surface area contributed by atoms with Crippen molar-refractivity contribution in [2.75, 3.05) is 18.5 Å². The van der Waals surface area contributed by atoms with E-state index in [1.165, 1.54) is 32.0 Å². The van der Waals surface area contributed by atoms with E-state index in [1.54, 1.807) is 13.0 Å². The maximum Gasteiger partial charge on any atom is 0.327 e. The van der Waals surface area contributed by atoms with Crippen molar-refractivity contribution < 1.29 is 38.6 Å². The van der Waals surface area contributed by atoms with Crippen LogP contribution in [0.4, 0.5) is 5.69 Å². The zero-order chi connectivity index (χ0) is 22.0. The second-order valence-corrected chi connectivity index (χ2v) is 5.88. The molecule has 10 heteroatoms. The molecule has 0 unspecified atom stereocenters. The number of esters is 2. The average molecular weight is 408 g/mol. The number of carboxylic acids is 1. The molecule has 0 bridgehead atoms. The third-order valence-electron chi connectivity index (χ3n) is 3.72. The number of carbonyl (C=O) groups is 5. The number of benzene rings is 1. The standard InChI is InChI=1S/C19H24N2O8/c1-4-28-15(23)10-13(19(27)29-5-2)16(18(25)26)21-17(24)12-8-6-7-9-14(12)20-11(3)22/h6-9,13,16H,4-5,10H2,1-3H3,(H,20,22)(H,21,24)(H,25,26)/t13-,16-/m0/s1. The highest BCUT2D eigenvalue weighted by Gasteiger charge is 2.38. The fourth-order valence-corrected chi connectivity index (χ4v) is 2.52. The number of ether oxygens (including phenoxy) is 2. The second-order valence-electron chi connectivity index (χ2n) is 5.88. The number of anilines is 1. The molecular weight excluding hydrogens is 384 g/mol. The van der Waals surface area contributed by atoms with Gasteiger partial charge in [-0.25, -0.2) is 4.79 Å². The number of carboxylic acid groups (broad SMARTS) is 1. The molecule has 0 radical (unpaired) electrons. The molecule has 0 saturated carbocycles. The first kappa shape index (κ1) is 23.6. The van der Waals surface area contributed by atoms with Gasteiger partial charge in [0, 0.05) is 6.92 Å². The predicted octanol–water partition coefficient (Wildman–Crippen LogP) is 0.960. The fourth-order valence-electron chi connectivity index (χ4n) is 2.52. The number of hydrogen-bond donors (Lipinski definition) is 3. The van der Waals surface area contributed by atoms with Crippen LogP contribution in [0.5, 0.6) is 0 Å². The van der Waals surface area contributed by atoms with Crippen LogP contribution in [0.3, 0.4) is 0 Å². The lowest BCUT2D eigenvalue weighted by atomic mass is 9.95. The lowest BCUT2D eigenvalue weighted by Gasteiger charge is -2.23. The minimum Gasteiger partial charge on any atom is -0.480 e. The topological polar surface area (TPSA) is 148 Å². The highest BCUT2D eigenvalue weighted by atomic mass is 16.5. The number of para-hydroxylation sites is 1. The lowest BCUT2D eigenvalue weighted by Crippen LogP contribution is -2.49. The lowest BCUT2D eigenvalue weighted by molar-refractivity contribution is -0.159. The van der Waals surface area contributed by atoms with E-state index in [1.807, 2.05) is 0 Å². The first-order valence-corrected chi connectivity index (χ1v) is 8.93. The van der Waals surface area contributed by atoms with Crippen molar-refractivity contribution in [3.63, 3.8) is 0 Å². The Balaban J connectivity index is 3.17. The summed E-state index contributed by atoms with van der Waals surface area (Å²) in [4.78, 5) is 59.9. The van der Waals surface area contributed by atoms with E-state index in [4.69, 9.17) is 9.47 Å². The highest BCUT2D eigenvalue weighted by Crippen LogP contribution is 2.18. The molecule has 2 amide bonds. The van der Waals surface area contributed by atoms with E-state index >= 15 is 0 Å². The molecular formula is C19H24N2O8. The zero-order valence-electron chi connectivity index (χ0n) is 16.4. The summed E-state index contributed by atoms with van der Waals surface area (Å²) in [6.45, 7) is 4.35. The van der Waals surface area contributed by atoms with Gasteiger partial charge in [0.15, 0.2) is 0 Å². The maximum absolute atomic E-state index is 12.7. The molecule has 3 N–H and O–H groups in total. The van der Waals surface area contributed by atoms with Crippen molar-refractivity contribution in [3.05, 3.63) is 29.8 Å². The third kappa shape index (κ3) is 7.24. The van der Waals surface area contributed by atoms with E-state index in [2.05, 4.69) is 10.6 Å². The van der Waals surface area contributed by atoms with Gasteiger partial charge in [-0.1, -0.05) is 12.1 Å². The summed E-state index contributed by atoms with van der Waals surface area (Å²) in [6.07, 6.45) is -0.586. The Morgan fingerprint density at radius 1 is 1.03 bits per heavy atom. The second kappa shape index (κ2) is 11.4. The largest absolute Gasteiger partial charge is 0.480 e. The van der Waals surface area contributed by atoms with Crippen LogP contribution in [0.15, 0.2) is 24.3 Å². The molecule has 158 valence electrons. The zero-order valence-corrected chi connectivity index (χ0v) is 16.4. The summed E-state index contributed by atoms with van der Waals surface area (Å²) in [5.41, 5.74) is 0.160. The minimum atomic E-state index is -1.75. The summed E-state index contributed by atoms with van der Waals surface area (Å²) in [5.74, 6) is -6.05. The van der Waals surface area contributed by atoms with Gasteiger partial charge in [-0.2, -0.15) is 0 Å². The molecule has 0 aliphatic rings. The van der Waals surface area contributed by atoms with Crippen molar-refractivity contribution >= 4 is 35.4 Å². The van der Waals surface area contributed by atoms with Crippen LogP contribution >= 0.6 is 0 Å². The fraction of sp³-hybridized carbons (Fsp3) is 0.421. The van der Waals surface area contributed by atoms with Gasteiger partial charge in [0.25, 0.3) is 5.91 Å². The Labute approximate surface area is 167 Å². The van der Waals surface area contributed by atoms with Crippen molar-refractivity contribution in [2.45, 2.75) is 33.2 Å².